The molecule has 0 saturated heterocycles. The molecule has 5 aliphatic rings. The van der Waals surface area contributed by atoms with E-state index in [0.717, 1.165) is 35.6 Å². The van der Waals surface area contributed by atoms with Crippen molar-refractivity contribution in [2.24, 2.45) is 29.6 Å². The van der Waals surface area contributed by atoms with Crippen molar-refractivity contribution in [1.29, 1.82) is 0 Å². The van der Waals surface area contributed by atoms with E-state index < -0.39 is 0 Å². The summed E-state index contributed by atoms with van der Waals surface area (Å²) in [6.07, 6.45) is 16.8. The fourth-order valence-electron chi connectivity index (χ4n) is 6.22. The second kappa shape index (κ2) is 5.39. The van der Waals surface area contributed by atoms with Gasteiger partial charge >= 0.3 is 0 Å². The fraction of sp³-hybridized carbons (Fsp3) is 1.00. The van der Waals surface area contributed by atoms with Crippen LogP contribution in [0, 0.1) is 29.6 Å². The Bertz CT molecular complexity index is 277. The van der Waals surface area contributed by atoms with Crippen molar-refractivity contribution >= 4 is 0 Å². The van der Waals surface area contributed by atoms with Crippen molar-refractivity contribution in [3.05, 3.63) is 0 Å². The Balaban J connectivity index is 1.22. The smallest absolute Gasteiger partial charge is 0.0124 e. The maximum absolute atomic E-state index is 3.99. The zero-order chi connectivity index (χ0) is 12.7. The van der Waals surface area contributed by atoms with Gasteiger partial charge in [0.2, 0.25) is 0 Å². The van der Waals surface area contributed by atoms with E-state index in [1.54, 1.807) is 32.1 Å². The third kappa shape index (κ3) is 2.60. The van der Waals surface area contributed by atoms with Crippen LogP contribution in [0.25, 0.3) is 0 Å². The third-order valence-corrected chi connectivity index (χ3v) is 6.87. The minimum atomic E-state index is 0.913. The monoisotopic (exact) mass is 261 g/mol. The van der Waals surface area contributed by atoms with Gasteiger partial charge in [0.05, 0.1) is 0 Å². The van der Waals surface area contributed by atoms with Gasteiger partial charge in [-0.05, 0) is 81.1 Å². The maximum atomic E-state index is 3.99. The van der Waals surface area contributed by atoms with E-state index in [9.17, 15) is 0 Å². The second-order valence-corrected chi connectivity index (χ2v) is 8.20. The maximum Gasteiger partial charge on any atom is 0.0124 e. The average molecular weight is 261 g/mol. The summed E-state index contributed by atoms with van der Waals surface area (Å²) in [6, 6.07) is 0.913. The molecule has 0 aromatic rings. The molecule has 4 bridgehead atoms. The molecule has 0 unspecified atom stereocenters. The van der Waals surface area contributed by atoms with E-state index in [1.807, 2.05) is 0 Å². The molecular formula is C18H31N. The van der Waals surface area contributed by atoms with E-state index in [-0.39, 0.29) is 0 Å². The van der Waals surface area contributed by atoms with Gasteiger partial charge in [0.15, 0.2) is 0 Å². The Morgan fingerprint density at radius 2 is 1.42 bits per heavy atom. The lowest BCUT2D eigenvalue weighted by atomic mass is 9.54. The third-order valence-electron chi connectivity index (χ3n) is 6.87. The highest BCUT2D eigenvalue weighted by Crippen LogP contribution is 2.53. The Kier molecular flexibility index (Phi) is 3.60. The number of hydrogen-bond acceptors (Lipinski definition) is 1. The van der Waals surface area contributed by atoms with Crippen molar-refractivity contribution in [3.8, 4) is 0 Å². The number of rotatable bonds is 5. The summed E-state index contributed by atoms with van der Waals surface area (Å²) in [7, 11) is 0. The lowest BCUT2D eigenvalue weighted by Crippen LogP contribution is -2.54. The first kappa shape index (κ1) is 12.7. The van der Waals surface area contributed by atoms with Gasteiger partial charge in [-0.2, -0.15) is 0 Å². The van der Waals surface area contributed by atoms with Gasteiger partial charge < -0.3 is 5.32 Å². The van der Waals surface area contributed by atoms with Crippen LogP contribution in [0.3, 0.4) is 0 Å². The van der Waals surface area contributed by atoms with Crippen molar-refractivity contribution in [2.45, 2.75) is 76.7 Å². The Morgan fingerprint density at radius 1 is 0.789 bits per heavy atom. The molecule has 0 aromatic carbocycles. The van der Waals surface area contributed by atoms with E-state index in [0.29, 0.717) is 0 Å². The van der Waals surface area contributed by atoms with Crippen molar-refractivity contribution in [1.82, 2.24) is 5.32 Å². The van der Waals surface area contributed by atoms with E-state index >= 15 is 0 Å². The molecule has 1 N–H and O–H groups in total. The molecule has 0 aromatic heterocycles. The minimum Gasteiger partial charge on any atom is -0.313 e. The van der Waals surface area contributed by atoms with Crippen LogP contribution in [0.2, 0.25) is 0 Å². The molecule has 5 aliphatic carbocycles. The van der Waals surface area contributed by atoms with Crippen molar-refractivity contribution < 1.29 is 0 Å². The van der Waals surface area contributed by atoms with E-state index in [2.05, 4.69) is 5.32 Å². The summed E-state index contributed by atoms with van der Waals surface area (Å²) >= 11 is 0. The van der Waals surface area contributed by atoms with Gasteiger partial charge in [-0.3, -0.25) is 0 Å². The largest absolute Gasteiger partial charge is 0.313 e. The highest BCUT2D eigenvalue weighted by Gasteiger charge is 2.47. The minimum absolute atomic E-state index is 0.913. The molecule has 0 heterocycles. The van der Waals surface area contributed by atoms with Crippen molar-refractivity contribution in [3.63, 3.8) is 0 Å². The lowest BCUT2D eigenvalue weighted by molar-refractivity contribution is -0.0136. The van der Waals surface area contributed by atoms with Crippen LogP contribution in [-0.2, 0) is 0 Å². The first-order chi connectivity index (χ1) is 9.38. The highest BCUT2D eigenvalue weighted by atomic mass is 14.9. The molecule has 108 valence electrons. The SMILES string of the molecule is C1CCC(CCCNC2C3CC4CC(C3)CC2C4)C1. The van der Waals surface area contributed by atoms with Gasteiger partial charge in [-0.1, -0.05) is 25.7 Å². The van der Waals surface area contributed by atoms with Crippen LogP contribution in [0.4, 0.5) is 0 Å². The molecule has 0 atom stereocenters. The quantitative estimate of drug-likeness (QED) is 0.725. The summed E-state index contributed by atoms with van der Waals surface area (Å²) < 4.78 is 0. The van der Waals surface area contributed by atoms with Gasteiger partial charge in [-0.25, -0.2) is 0 Å². The van der Waals surface area contributed by atoms with Gasteiger partial charge in [0.25, 0.3) is 0 Å². The molecule has 5 fully saturated rings. The fourth-order valence-corrected chi connectivity index (χ4v) is 6.22. The molecule has 19 heavy (non-hydrogen) atoms. The first-order valence-corrected chi connectivity index (χ1v) is 9.12. The summed E-state index contributed by atoms with van der Waals surface area (Å²) in [4.78, 5) is 0. The molecule has 0 radical (unpaired) electrons. The number of nitrogens with one attached hydrogen (secondary N) is 1. The number of hydrogen-bond donors (Lipinski definition) is 1. The average Bonchev–Trinajstić information content (AvgIpc) is 2.89. The van der Waals surface area contributed by atoms with Crippen LogP contribution in [-0.4, -0.2) is 12.6 Å². The normalized spacial score (nSPS) is 45.2. The zero-order valence-electron chi connectivity index (χ0n) is 12.4. The van der Waals surface area contributed by atoms with E-state index in [1.165, 1.54) is 45.1 Å². The topological polar surface area (TPSA) is 12.0 Å². The molecule has 0 amide bonds. The predicted molar refractivity (Wildman–Crippen MR) is 80.0 cm³/mol. The Hall–Kier alpha value is -0.0400. The summed E-state index contributed by atoms with van der Waals surface area (Å²) in [5.74, 6) is 5.45. The van der Waals surface area contributed by atoms with Crippen molar-refractivity contribution in [2.75, 3.05) is 6.54 Å². The van der Waals surface area contributed by atoms with Gasteiger partial charge in [-0.15, -0.1) is 0 Å². The van der Waals surface area contributed by atoms with Crippen LogP contribution < -0.4 is 5.32 Å². The molecule has 5 saturated carbocycles. The predicted octanol–water partition coefficient (Wildman–Crippen LogP) is 4.37. The van der Waals surface area contributed by atoms with Crippen LogP contribution in [0.1, 0.15) is 70.6 Å². The van der Waals surface area contributed by atoms with Gasteiger partial charge in [0.1, 0.15) is 0 Å². The molecule has 5 rings (SSSR count). The molecule has 1 nitrogen and oxygen atoms in total. The van der Waals surface area contributed by atoms with E-state index in [4.69, 9.17) is 0 Å². The van der Waals surface area contributed by atoms with Crippen LogP contribution >= 0.6 is 0 Å². The summed E-state index contributed by atoms with van der Waals surface area (Å²) in [5.41, 5.74) is 0. The molecule has 0 aliphatic heterocycles. The highest BCUT2D eigenvalue weighted by molar-refractivity contribution is 5.01. The summed E-state index contributed by atoms with van der Waals surface area (Å²) in [6.45, 7) is 1.31. The standard InChI is InChI=1S/C18H31N/c1-2-5-13(4-1)6-3-7-19-18-16-9-14-8-15(11-16)12-17(18)10-14/h13-19H,1-12H2. The van der Waals surface area contributed by atoms with Crippen LogP contribution in [0.5, 0.6) is 0 Å². The zero-order valence-corrected chi connectivity index (χ0v) is 12.4. The molecule has 0 spiro atoms. The lowest BCUT2D eigenvalue weighted by Gasteiger charge is -2.54. The Labute approximate surface area is 118 Å². The van der Waals surface area contributed by atoms with Gasteiger partial charge in [0, 0.05) is 6.04 Å². The Morgan fingerprint density at radius 3 is 2.05 bits per heavy atom. The molecule has 1 heteroatoms. The molecular weight excluding hydrogens is 230 g/mol. The van der Waals surface area contributed by atoms with Crippen LogP contribution in [0.15, 0.2) is 0 Å². The first-order valence-electron chi connectivity index (χ1n) is 9.12. The second-order valence-electron chi connectivity index (χ2n) is 8.20. The summed E-state index contributed by atoms with van der Waals surface area (Å²) in [5, 5.41) is 3.99.